The van der Waals surface area contributed by atoms with Crippen molar-refractivity contribution in [3.05, 3.63) is 29.3 Å². The molecule has 1 aromatic carbocycles. The number of nitrogens with two attached hydrogens (primary N) is 1. The zero-order chi connectivity index (χ0) is 15.1. The number of para-hydroxylation sites is 1. The summed E-state index contributed by atoms with van der Waals surface area (Å²) < 4.78 is 4.97. The van der Waals surface area contributed by atoms with Crippen molar-refractivity contribution in [2.45, 2.75) is 45.6 Å². The standard InChI is InChI=1S/C16H26N2O2/c1-11(2)13-8-5-7-12(3)15(13)18-16(19)14(17)9-6-10-20-4/h5,7-8,11,14H,6,9-10,17H2,1-4H3,(H,18,19). The summed E-state index contributed by atoms with van der Waals surface area (Å²) in [5.41, 5.74) is 9.02. The summed E-state index contributed by atoms with van der Waals surface area (Å²) in [5.74, 6) is 0.229. The van der Waals surface area contributed by atoms with Gasteiger partial charge in [0.25, 0.3) is 0 Å². The van der Waals surface area contributed by atoms with Crippen molar-refractivity contribution >= 4 is 11.6 Å². The van der Waals surface area contributed by atoms with E-state index in [1.165, 1.54) is 0 Å². The fraction of sp³-hybridized carbons (Fsp3) is 0.562. The van der Waals surface area contributed by atoms with E-state index in [1.807, 2.05) is 25.1 Å². The Kier molecular flexibility index (Phi) is 6.68. The largest absolute Gasteiger partial charge is 0.385 e. The van der Waals surface area contributed by atoms with Crippen LogP contribution in [0.15, 0.2) is 18.2 Å². The maximum absolute atomic E-state index is 12.2. The van der Waals surface area contributed by atoms with Crippen molar-refractivity contribution in [3.63, 3.8) is 0 Å². The number of carbonyl (C=O) groups excluding carboxylic acids is 1. The van der Waals surface area contributed by atoms with E-state index in [4.69, 9.17) is 10.5 Å². The van der Waals surface area contributed by atoms with E-state index in [1.54, 1.807) is 7.11 Å². The number of methoxy groups -OCH3 is 1. The minimum atomic E-state index is -0.496. The first kappa shape index (κ1) is 16.7. The molecule has 1 unspecified atom stereocenters. The highest BCUT2D eigenvalue weighted by Crippen LogP contribution is 2.27. The van der Waals surface area contributed by atoms with E-state index in [2.05, 4.69) is 19.2 Å². The van der Waals surface area contributed by atoms with E-state index in [-0.39, 0.29) is 5.91 Å². The SMILES string of the molecule is COCCCC(N)C(=O)Nc1c(C)cccc1C(C)C. The number of nitrogens with one attached hydrogen (secondary N) is 1. The van der Waals surface area contributed by atoms with Gasteiger partial charge in [0.15, 0.2) is 0 Å². The minimum Gasteiger partial charge on any atom is -0.385 e. The predicted molar refractivity (Wildman–Crippen MR) is 83.0 cm³/mol. The van der Waals surface area contributed by atoms with Crippen molar-refractivity contribution in [2.75, 3.05) is 19.0 Å². The fourth-order valence-corrected chi connectivity index (χ4v) is 2.14. The molecule has 0 saturated carbocycles. The van der Waals surface area contributed by atoms with Crippen LogP contribution >= 0.6 is 0 Å². The lowest BCUT2D eigenvalue weighted by Crippen LogP contribution is -2.36. The van der Waals surface area contributed by atoms with Gasteiger partial charge in [-0.3, -0.25) is 4.79 Å². The van der Waals surface area contributed by atoms with Crippen LogP contribution in [0.3, 0.4) is 0 Å². The lowest BCUT2D eigenvalue weighted by molar-refractivity contribution is -0.117. The van der Waals surface area contributed by atoms with Gasteiger partial charge in [-0.2, -0.15) is 0 Å². The van der Waals surface area contributed by atoms with Crippen LogP contribution in [0, 0.1) is 6.92 Å². The summed E-state index contributed by atoms with van der Waals surface area (Å²) in [7, 11) is 1.65. The third-order valence-corrected chi connectivity index (χ3v) is 3.38. The summed E-state index contributed by atoms with van der Waals surface area (Å²) in [6.45, 7) is 6.85. The summed E-state index contributed by atoms with van der Waals surface area (Å²) in [5, 5.41) is 2.98. The number of hydrogen-bond donors (Lipinski definition) is 2. The average molecular weight is 278 g/mol. The molecular formula is C16H26N2O2. The number of rotatable bonds is 7. The predicted octanol–water partition coefficient (Wildman–Crippen LogP) is 2.81. The second-order valence-electron chi connectivity index (χ2n) is 5.42. The summed E-state index contributed by atoms with van der Waals surface area (Å²) in [6, 6.07) is 5.56. The molecule has 1 rings (SSSR count). The van der Waals surface area contributed by atoms with E-state index < -0.39 is 6.04 Å². The lowest BCUT2D eigenvalue weighted by atomic mass is 9.98. The maximum atomic E-state index is 12.2. The molecule has 4 nitrogen and oxygen atoms in total. The van der Waals surface area contributed by atoms with Crippen molar-refractivity contribution < 1.29 is 9.53 Å². The van der Waals surface area contributed by atoms with Crippen LogP contribution in [-0.2, 0) is 9.53 Å². The van der Waals surface area contributed by atoms with Gasteiger partial charge in [0.05, 0.1) is 6.04 Å². The molecule has 0 aliphatic carbocycles. The Balaban J connectivity index is 2.75. The average Bonchev–Trinajstić information content (AvgIpc) is 2.40. The van der Waals surface area contributed by atoms with Crippen LogP contribution in [0.4, 0.5) is 5.69 Å². The molecule has 112 valence electrons. The number of anilines is 1. The monoisotopic (exact) mass is 278 g/mol. The molecule has 0 spiro atoms. The van der Waals surface area contributed by atoms with Crippen molar-refractivity contribution in [1.29, 1.82) is 0 Å². The molecule has 3 N–H and O–H groups in total. The molecule has 1 amide bonds. The molecule has 0 radical (unpaired) electrons. The van der Waals surface area contributed by atoms with Crippen LogP contribution in [0.1, 0.15) is 43.7 Å². The smallest absolute Gasteiger partial charge is 0.241 e. The minimum absolute atomic E-state index is 0.127. The molecule has 0 aliphatic heterocycles. The summed E-state index contributed by atoms with van der Waals surface area (Å²) >= 11 is 0. The third-order valence-electron chi connectivity index (χ3n) is 3.38. The molecule has 0 heterocycles. The molecule has 0 fully saturated rings. The quantitative estimate of drug-likeness (QED) is 0.754. The Labute approximate surface area is 121 Å². The first-order valence-corrected chi connectivity index (χ1v) is 7.12. The van der Waals surface area contributed by atoms with Crippen LogP contribution in [0.2, 0.25) is 0 Å². The van der Waals surface area contributed by atoms with Crippen LogP contribution in [0.5, 0.6) is 0 Å². The number of benzene rings is 1. The third kappa shape index (κ3) is 4.62. The van der Waals surface area contributed by atoms with Crippen molar-refractivity contribution in [2.24, 2.45) is 5.73 Å². The van der Waals surface area contributed by atoms with Crippen LogP contribution in [0.25, 0.3) is 0 Å². The lowest BCUT2D eigenvalue weighted by Gasteiger charge is -2.18. The first-order chi connectivity index (χ1) is 9.47. The van der Waals surface area contributed by atoms with Gasteiger partial charge in [0, 0.05) is 19.4 Å². The van der Waals surface area contributed by atoms with E-state index in [0.29, 0.717) is 18.9 Å². The molecule has 1 atom stereocenters. The van der Waals surface area contributed by atoms with Gasteiger partial charge in [-0.05, 0) is 36.8 Å². The van der Waals surface area contributed by atoms with Gasteiger partial charge < -0.3 is 15.8 Å². The van der Waals surface area contributed by atoms with Gasteiger partial charge in [0.1, 0.15) is 0 Å². The summed E-state index contributed by atoms with van der Waals surface area (Å²) in [6.07, 6.45) is 1.42. The normalized spacial score (nSPS) is 12.5. The number of hydrogen-bond acceptors (Lipinski definition) is 3. The van der Waals surface area contributed by atoms with Gasteiger partial charge in [-0.1, -0.05) is 32.0 Å². The second-order valence-corrected chi connectivity index (χ2v) is 5.42. The number of carbonyl (C=O) groups is 1. The van der Waals surface area contributed by atoms with Gasteiger partial charge in [-0.15, -0.1) is 0 Å². The number of ether oxygens (including phenoxy) is 1. The van der Waals surface area contributed by atoms with Crippen LogP contribution in [-0.4, -0.2) is 25.7 Å². The van der Waals surface area contributed by atoms with Gasteiger partial charge >= 0.3 is 0 Å². The number of amides is 1. The Morgan fingerprint density at radius 3 is 2.70 bits per heavy atom. The van der Waals surface area contributed by atoms with E-state index in [9.17, 15) is 4.79 Å². The number of aryl methyl sites for hydroxylation is 1. The Morgan fingerprint density at radius 2 is 2.10 bits per heavy atom. The van der Waals surface area contributed by atoms with Crippen LogP contribution < -0.4 is 11.1 Å². The molecule has 0 aliphatic rings. The van der Waals surface area contributed by atoms with E-state index in [0.717, 1.165) is 23.2 Å². The highest BCUT2D eigenvalue weighted by atomic mass is 16.5. The van der Waals surface area contributed by atoms with Gasteiger partial charge in [0.2, 0.25) is 5.91 Å². The molecular weight excluding hydrogens is 252 g/mol. The van der Waals surface area contributed by atoms with Gasteiger partial charge in [-0.25, -0.2) is 0 Å². The molecule has 0 saturated heterocycles. The Hall–Kier alpha value is -1.39. The second kappa shape index (κ2) is 8.02. The molecule has 0 bridgehead atoms. The molecule has 20 heavy (non-hydrogen) atoms. The van der Waals surface area contributed by atoms with Crippen molar-refractivity contribution in [3.8, 4) is 0 Å². The molecule has 4 heteroatoms. The van der Waals surface area contributed by atoms with Crippen molar-refractivity contribution in [1.82, 2.24) is 0 Å². The summed E-state index contributed by atoms with van der Waals surface area (Å²) in [4.78, 5) is 12.2. The molecule has 1 aromatic rings. The molecule has 0 aromatic heterocycles. The highest BCUT2D eigenvalue weighted by Gasteiger charge is 2.16. The zero-order valence-corrected chi connectivity index (χ0v) is 12.9. The highest BCUT2D eigenvalue weighted by molar-refractivity contribution is 5.96. The Morgan fingerprint density at radius 1 is 1.40 bits per heavy atom. The topological polar surface area (TPSA) is 64.3 Å². The Bertz CT molecular complexity index is 444. The maximum Gasteiger partial charge on any atom is 0.241 e. The van der Waals surface area contributed by atoms with E-state index >= 15 is 0 Å². The fourth-order valence-electron chi connectivity index (χ4n) is 2.14. The first-order valence-electron chi connectivity index (χ1n) is 7.12. The zero-order valence-electron chi connectivity index (χ0n) is 12.9.